The minimum Gasteiger partial charge on any atom is -0.495 e. The molecule has 8 heteroatoms. The maximum absolute atomic E-state index is 6.14. The van der Waals surface area contributed by atoms with Crippen molar-refractivity contribution in [3.05, 3.63) is 23.4 Å². The second-order valence-corrected chi connectivity index (χ2v) is 6.26. The second kappa shape index (κ2) is 8.20. The lowest BCUT2D eigenvalue weighted by atomic mass is 10.2. The number of ether oxygens (including phenoxy) is 2. The summed E-state index contributed by atoms with van der Waals surface area (Å²) in [6, 6.07) is 3.44. The fourth-order valence-electron chi connectivity index (χ4n) is 2.88. The largest absolute Gasteiger partial charge is 0.495 e. The van der Waals surface area contributed by atoms with Crippen molar-refractivity contribution >= 4 is 29.1 Å². The molecule has 2 heterocycles. The Morgan fingerprint density at radius 2 is 1.76 bits per heavy atom. The summed E-state index contributed by atoms with van der Waals surface area (Å²) in [7, 11) is 3.14. The molecular weight excluding hydrogens is 342 g/mol. The number of methoxy groups -OCH3 is 2. The van der Waals surface area contributed by atoms with E-state index in [-0.39, 0.29) is 0 Å². The zero-order valence-corrected chi connectivity index (χ0v) is 15.2. The predicted octanol–water partition coefficient (Wildman–Crippen LogP) is 3.67. The molecule has 3 rings (SSSR count). The molecule has 1 aliphatic rings. The molecule has 0 saturated carbocycles. The van der Waals surface area contributed by atoms with E-state index in [1.165, 1.54) is 25.7 Å². The molecule has 1 saturated heterocycles. The van der Waals surface area contributed by atoms with Crippen molar-refractivity contribution in [2.45, 2.75) is 25.7 Å². The highest BCUT2D eigenvalue weighted by atomic mass is 35.5. The normalized spacial score (nSPS) is 14.8. The zero-order valence-electron chi connectivity index (χ0n) is 14.5. The van der Waals surface area contributed by atoms with E-state index >= 15 is 0 Å². The Morgan fingerprint density at radius 1 is 1.04 bits per heavy atom. The number of nitrogens with one attached hydrogen (secondary N) is 1. The lowest BCUT2D eigenvalue weighted by molar-refractivity contribution is 0.405. The van der Waals surface area contributed by atoms with Crippen molar-refractivity contribution in [2.75, 3.05) is 37.5 Å². The summed E-state index contributed by atoms with van der Waals surface area (Å²) in [6.07, 6.45) is 6.59. The Labute approximate surface area is 152 Å². The first kappa shape index (κ1) is 17.5. The fourth-order valence-corrected chi connectivity index (χ4v) is 3.11. The third kappa shape index (κ3) is 4.22. The molecule has 1 aromatic carbocycles. The molecule has 7 nitrogen and oxygen atoms in total. The number of hydrogen-bond donors (Lipinski definition) is 1. The molecule has 0 aliphatic carbocycles. The van der Waals surface area contributed by atoms with Crippen LogP contribution in [0.4, 0.5) is 17.5 Å². The Balaban J connectivity index is 1.84. The Kier molecular flexibility index (Phi) is 5.75. The van der Waals surface area contributed by atoms with Crippen LogP contribution in [0.3, 0.4) is 0 Å². The molecule has 25 heavy (non-hydrogen) atoms. The maximum atomic E-state index is 6.14. The third-order valence-electron chi connectivity index (χ3n) is 4.20. The summed E-state index contributed by atoms with van der Waals surface area (Å²) in [5.74, 6) is 2.36. The molecule has 0 bridgehead atoms. The van der Waals surface area contributed by atoms with E-state index in [1.54, 1.807) is 32.5 Å². The number of benzene rings is 1. The Hall–Kier alpha value is -2.28. The Bertz CT molecular complexity index is 720. The van der Waals surface area contributed by atoms with Crippen molar-refractivity contribution in [1.82, 2.24) is 15.2 Å². The molecule has 134 valence electrons. The molecule has 1 aliphatic heterocycles. The van der Waals surface area contributed by atoms with Crippen LogP contribution >= 0.6 is 11.6 Å². The van der Waals surface area contributed by atoms with Gasteiger partial charge in [0.1, 0.15) is 11.5 Å². The van der Waals surface area contributed by atoms with Crippen LogP contribution in [0.2, 0.25) is 5.02 Å². The number of aromatic nitrogens is 3. The SMILES string of the molecule is COc1cc(Nc2nncc(N3CCCCCC3)n2)c(OC)cc1Cl. The smallest absolute Gasteiger partial charge is 0.249 e. The first-order chi connectivity index (χ1) is 12.2. The van der Waals surface area contributed by atoms with Gasteiger partial charge in [0.2, 0.25) is 5.95 Å². The van der Waals surface area contributed by atoms with Gasteiger partial charge in [0.15, 0.2) is 5.82 Å². The second-order valence-electron chi connectivity index (χ2n) is 5.85. The van der Waals surface area contributed by atoms with Crippen LogP contribution in [0.1, 0.15) is 25.7 Å². The molecular formula is C17H22ClN5O2. The summed E-state index contributed by atoms with van der Waals surface area (Å²) in [5.41, 5.74) is 0.665. The third-order valence-corrected chi connectivity index (χ3v) is 4.49. The van der Waals surface area contributed by atoms with E-state index in [2.05, 4.69) is 25.4 Å². The van der Waals surface area contributed by atoms with Crippen molar-refractivity contribution in [3.8, 4) is 11.5 Å². The van der Waals surface area contributed by atoms with Crippen LogP contribution in [0.25, 0.3) is 0 Å². The van der Waals surface area contributed by atoms with Crippen LogP contribution in [-0.2, 0) is 0 Å². The van der Waals surface area contributed by atoms with Crippen molar-refractivity contribution in [3.63, 3.8) is 0 Å². The van der Waals surface area contributed by atoms with Gasteiger partial charge in [0.25, 0.3) is 0 Å². The van der Waals surface area contributed by atoms with Gasteiger partial charge in [0, 0.05) is 25.2 Å². The van der Waals surface area contributed by atoms with E-state index < -0.39 is 0 Å². The summed E-state index contributed by atoms with van der Waals surface area (Å²) in [5, 5.41) is 11.8. The average Bonchev–Trinajstić information content (AvgIpc) is 2.92. The molecule has 1 aromatic heterocycles. The van der Waals surface area contributed by atoms with Gasteiger partial charge in [-0.3, -0.25) is 0 Å². The lowest BCUT2D eigenvalue weighted by Crippen LogP contribution is -2.25. The first-order valence-electron chi connectivity index (χ1n) is 8.34. The highest BCUT2D eigenvalue weighted by molar-refractivity contribution is 6.32. The van der Waals surface area contributed by atoms with Gasteiger partial charge in [0.05, 0.1) is 31.1 Å². The van der Waals surface area contributed by atoms with Gasteiger partial charge in [-0.15, -0.1) is 5.10 Å². The lowest BCUT2D eigenvalue weighted by Gasteiger charge is -2.21. The molecule has 0 spiro atoms. The van der Waals surface area contributed by atoms with Crippen LogP contribution < -0.4 is 19.7 Å². The zero-order chi connectivity index (χ0) is 17.6. The molecule has 1 N–H and O–H groups in total. The van der Waals surface area contributed by atoms with Gasteiger partial charge >= 0.3 is 0 Å². The van der Waals surface area contributed by atoms with Crippen molar-refractivity contribution in [1.29, 1.82) is 0 Å². The van der Waals surface area contributed by atoms with Crippen LogP contribution in [-0.4, -0.2) is 42.5 Å². The predicted molar refractivity (Wildman–Crippen MR) is 98.3 cm³/mol. The van der Waals surface area contributed by atoms with Crippen LogP contribution in [0, 0.1) is 0 Å². The van der Waals surface area contributed by atoms with Gasteiger partial charge in [-0.2, -0.15) is 10.1 Å². The first-order valence-corrected chi connectivity index (χ1v) is 8.72. The molecule has 1 fully saturated rings. The van der Waals surface area contributed by atoms with E-state index in [9.17, 15) is 0 Å². The van der Waals surface area contributed by atoms with Crippen molar-refractivity contribution in [2.24, 2.45) is 0 Å². The molecule has 2 aromatic rings. The fraction of sp³-hybridized carbons (Fsp3) is 0.471. The van der Waals surface area contributed by atoms with Crippen LogP contribution in [0.15, 0.2) is 18.3 Å². The van der Waals surface area contributed by atoms with Crippen molar-refractivity contribution < 1.29 is 9.47 Å². The summed E-state index contributed by atoms with van der Waals surface area (Å²) >= 11 is 6.14. The summed E-state index contributed by atoms with van der Waals surface area (Å²) in [4.78, 5) is 6.86. The minimum atomic E-state index is 0.407. The Morgan fingerprint density at radius 3 is 2.44 bits per heavy atom. The molecule has 0 unspecified atom stereocenters. The highest BCUT2D eigenvalue weighted by Crippen LogP contribution is 2.36. The van der Waals surface area contributed by atoms with Gasteiger partial charge < -0.3 is 19.7 Å². The summed E-state index contributed by atoms with van der Waals surface area (Å²) in [6.45, 7) is 1.99. The summed E-state index contributed by atoms with van der Waals surface area (Å²) < 4.78 is 10.6. The average molecular weight is 364 g/mol. The quantitative estimate of drug-likeness (QED) is 0.868. The topological polar surface area (TPSA) is 72.4 Å². The monoisotopic (exact) mass is 363 g/mol. The highest BCUT2D eigenvalue weighted by Gasteiger charge is 2.15. The van der Waals surface area contributed by atoms with Gasteiger partial charge in [-0.05, 0) is 12.8 Å². The maximum Gasteiger partial charge on any atom is 0.249 e. The number of hydrogen-bond acceptors (Lipinski definition) is 7. The van der Waals surface area contributed by atoms with Gasteiger partial charge in [-0.25, -0.2) is 0 Å². The van der Waals surface area contributed by atoms with E-state index in [1.807, 2.05) is 0 Å². The number of anilines is 3. The standard InChI is InChI=1S/C17H22ClN5O2/c1-24-14-10-13(15(25-2)9-12(14)18)20-17-21-16(11-19-22-17)23-7-5-3-4-6-8-23/h9-11H,3-8H2,1-2H3,(H,20,21,22). The van der Waals surface area contributed by atoms with Crippen LogP contribution in [0.5, 0.6) is 11.5 Å². The number of halogens is 1. The molecule has 0 amide bonds. The van der Waals surface area contributed by atoms with Gasteiger partial charge in [-0.1, -0.05) is 24.4 Å². The van der Waals surface area contributed by atoms with E-state index in [0.717, 1.165) is 18.9 Å². The van der Waals surface area contributed by atoms with E-state index in [4.69, 9.17) is 21.1 Å². The minimum absolute atomic E-state index is 0.407. The number of nitrogens with zero attached hydrogens (tertiary/aromatic N) is 4. The molecule has 0 atom stereocenters. The number of rotatable bonds is 5. The molecule has 0 radical (unpaired) electrons. The van der Waals surface area contributed by atoms with E-state index in [0.29, 0.717) is 28.2 Å².